The van der Waals surface area contributed by atoms with Gasteiger partial charge in [-0.25, -0.2) is 0 Å². The van der Waals surface area contributed by atoms with E-state index in [1.807, 2.05) is 18.2 Å². The molecule has 20 heavy (non-hydrogen) atoms. The van der Waals surface area contributed by atoms with Gasteiger partial charge in [0.15, 0.2) is 0 Å². The Labute approximate surface area is 120 Å². The highest BCUT2D eigenvalue weighted by Gasteiger charge is 2.32. The lowest BCUT2D eigenvalue weighted by Gasteiger charge is -2.36. The third kappa shape index (κ3) is 2.83. The van der Waals surface area contributed by atoms with Crippen LogP contribution in [0.3, 0.4) is 0 Å². The van der Waals surface area contributed by atoms with Crippen molar-refractivity contribution in [3.05, 3.63) is 35.9 Å². The number of allylic oxidation sites excluding steroid dienone is 1. The third-order valence-corrected chi connectivity index (χ3v) is 3.98. The average Bonchev–Trinajstić information content (AvgIpc) is 2.38. The molecule has 1 aliphatic carbocycles. The van der Waals surface area contributed by atoms with Gasteiger partial charge in [0, 0.05) is 24.1 Å². The average molecular weight is 273 g/mol. The van der Waals surface area contributed by atoms with E-state index in [-0.39, 0.29) is 17.7 Å². The highest BCUT2D eigenvalue weighted by molar-refractivity contribution is 5.44. The van der Waals surface area contributed by atoms with Crippen molar-refractivity contribution in [2.24, 2.45) is 5.73 Å². The molecule has 0 bridgehead atoms. The van der Waals surface area contributed by atoms with E-state index >= 15 is 0 Å². The van der Waals surface area contributed by atoms with E-state index in [0.29, 0.717) is 0 Å². The summed E-state index contributed by atoms with van der Waals surface area (Å²) in [6.07, 6.45) is 8.82. The van der Waals surface area contributed by atoms with E-state index in [9.17, 15) is 0 Å². The van der Waals surface area contributed by atoms with Crippen LogP contribution in [0, 0.1) is 0 Å². The summed E-state index contributed by atoms with van der Waals surface area (Å²) >= 11 is 0. The van der Waals surface area contributed by atoms with E-state index in [2.05, 4.69) is 26.0 Å². The summed E-state index contributed by atoms with van der Waals surface area (Å²) in [5, 5.41) is 0. The lowest BCUT2D eigenvalue weighted by atomic mass is 9.90. The Balaban J connectivity index is 1.81. The van der Waals surface area contributed by atoms with Crippen LogP contribution in [0.2, 0.25) is 0 Å². The number of fused-ring (bicyclic) bond motifs is 1. The number of hydrogen-bond donors (Lipinski definition) is 1. The van der Waals surface area contributed by atoms with Gasteiger partial charge in [-0.3, -0.25) is 0 Å². The molecule has 1 aromatic carbocycles. The van der Waals surface area contributed by atoms with Gasteiger partial charge in [0.05, 0.1) is 0 Å². The van der Waals surface area contributed by atoms with Crippen LogP contribution in [0.1, 0.15) is 51.1 Å². The van der Waals surface area contributed by atoms with E-state index in [0.717, 1.165) is 36.3 Å². The van der Waals surface area contributed by atoms with Crippen molar-refractivity contribution in [3.63, 3.8) is 0 Å². The zero-order chi connectivity index (χ0) is 14.2. The van der Waals surface area contributed by atoms with Gasteiger partial charge in [-0.2, -0.15) is 0 Å². The Kier molecular flexibility index (Phi) is 3.47. The molecule has 3 heteroatoms. The van der Waals surface area contributed by atoms with Gasteiger partial charge in [0.2, 0.25) is 0 Å². The topological polar surface area (TPSA) is 44.5 Å². The fraction of sp³-hybridized carbons (Fsp3) is 0.529. The Hall–Kier alpha value is -1.48. The van der Waals surface area contributed by atoms with E-state index in [1.54, 1.807) is 0 Å². The lowest BCUT2D eigenvalue weighted by Crippen LogP contribution is -2.37. The minimum atomic E-state index is -0.213. The number of ether oxygens (including phenoxy) is 2. The zero-order valence-electron chi connectivity index (χ0n) is 12.3. The summed E-state index contributed by atoms with van der Waals surface area (Å²) in [7, 11) is 0. The SMILES string of the molecule is CC1(C)CC(N)c2ccc(OC3C=CCCC3)cc2O1. The maximum atomic E-state index is 6.22. The summed E-state index contributed by atoms with van der Waals surface area (Å²) in [5.74, 6) is 1.73. The summed E-state index contributed by atoms with van der Waals surface area (Å²) in [6, 6.07) is 6.07. The molecule has 108 valence electrons. The number of rotatable bonds is 2. The normalized spacial score (nSPS) is 27.6. The maximum Gasteiger partial charge on any atom is 0.128 e. The van der Waals surface area contributed by atoms with Gasteiger partial charge in [-0.05, 0) is 45.3 Å². The van der Waals surface area contributed by atoms with E-state index in [4.69, 9.17) is 15.2 Å². The first-order valence-electron chi connectivity index (χ1n) is 7.45. The first-order chi connectivity index (χ1) is 9.53. The van der Waals surface area contributed by atoms with Crippen LogP contribution < -0.4 is 15.2 Å². The number of benzene rings is 1. The molecule has 0 amide bonds. The van der Waals surface area contributed by atoms with Crippen LogP contribution in [0.25, 0.3) is 0 Å². The van der Waals surface area contributed by atoms with E-state index in [1.165, 1.54) is 6.42 Å². The van der Waals surface area contributed by atoms with Crippen molar-refractivity contribution in [1.82, 2.24) is 0 Å². The van der Waals surface area contributed by atoms with Gasteiger partial charge in [0.25, 0.3) is 0 Å². The molecular weight excluding hydrogens is 250 g/mol. The first kappa shape index (κ1) is 13.5. The van der Waals surface area contributed by atoms with Crippen LogP contribution in [0.4, 0.5) is 0 Å². The molecule has 1 aromatic rings. The molecule has 1 heterocycles. The summed E-state index contributed by atoms with van der Waals surface area (Å²) in [6.45, 7) is 4.15. The third-order valence-electron chi connectivity index (χ3n) is 3.98. The minimum Gasteiger partial charge on any atom is -0.487 e. The van der Waals surface area contributed by atoms with Crippen LogP contribution in [0.5, 0.6) is 11.5 Å². The second-order valence-corrected chi connectivity index (χ2v) is 6.39. The molecule has 0 saturated carbocycles. The van der Waals surface area contributed by atoms with Crippen molar-refractivity contribution in [3.8, 4) is 11.5 Å². The molecule has 2 atom stereocenters. The Morgan fingerprint density at radius 2 is 2.20 bits per heavy atom. The number of nitrogens with two attached hydrogens (primary N) is 1. The van der Waals surface area contributed by atoms with Crippen LogP contribution >= 0.6 is 0 Å². The Bertz CT molecular complexity index is 522. The molecule has 0 fully saturated rings. The van der Waals surface area contributed by atoms with Crippen molar-refractivity contribution < 1.29 is 9.47 Å². The quantitative estimate of drug-likeness (QED) is 0.835. The van der Waals surface area contributed by atoms with Gasteiger partial charge in [-0.15, -0.1) is 0 Å². The predicted molar refractivity (Wildman–Crippen MR) is 80.1 cm³/mol. The maximum absolute atomic E-state index is 6.22. The standard InChI is InChI=1S/C17H23NO2/c1-17(2)11-15(18)14-9-8-13(10-16(14)20-17)19-12-6-4-3-5-7-12/h4,6,8-10,12,15H,3,5,7,11,18H2,1-2H3. The van der Waals surface area contributed by atoms with Crippen LogP contribution in [-0.4, -0.2) is 11.7 Å². The summed E-state index contributed by atoms with van der Waals surface area (Å²) < 4.78 is 12.1. The zero-order valence-corrected chi connectivity index (χ0v) is 12.3. The molecule has 2 aliphatic rings. The molecule has 1 aliphatic heterocycles. The molecule has 0 aromatic heterocycles. The number of hydrogen-bond acceptors (Lipinski definition) is 3. The summed E-state index contributed by atoms with van der Waals surface area (Å²) in [4.78, 5) is 0. The van der Waals surface area contributed by atoms with Crippen LogP contribution in [-0.2, 0) is 0 Å². The van der Waals surface area contributed by atoms with Gasteiger partial charge < -0.3 is 15.2 Å². The Morgan fingerprint density at radius 3 is 2.95 bits per heavy atom. The molecule has 0 radical (unpaired) electrons. The molecule has 0 spiro atoms. The Morgan fingerprint density at radius 1 is 1.35 bits per heavy atom. The lowest BCUT2D eigenvalue weighted by molar-refractivity contribution is 0.0722. The van der Waals surface area contributed by atoms with Crippen molar-refractivity contribution in [2.45, 2.75) is 57.3 Å². The van der Waals surface area contributed by atoms with Gasteiger partial charge in [-0.1, -0.05) is 12.1 Å². The molecule has 0 saturated heterocycles. The summed E-state index contributed by atoms with van der Waals surface area (Å²) in [5.41, 5.74) is 7.09. The van der Waals surface area contributed by atoms with Crippen molar-refractivity contribution in [2.75, 3.05) is 0 Å². The van der Waals surface area contributed by atoms with E-state index < -0.39 is 0 Å². The monoisotopic (exact) mass is 273 g/mol. The van der Waals surface area contributed by atoms with Crippen molar-refractivity contribution in [1.29, 1.82) is 0 Å². The predicted octanol–water partition coefficient (Wildman–Crippen LogP) is 3.74. The highest BCUT2D eigenvalue weighted by Crippen LogP contribution is 2.40. The fourth-order valence-electron chi connectivity index (χ4n) is 3.02. The molecule has 3 nitrogen and oxygen atoms in total. The first-order valence-corrected chi connectivity index (χ1v) is 7.45. The minimum absolute atomic E-state index is 0.0392. The van der Waals surface area contributed by atoms with Crippen LogP contribution in [0.15, 0.2) is 30.4 Å². The second-order valence-electron chi connectivity index (χ2n) is 6.39. The smallest absolute Gasteiger partial charge is 0.128 e. The largest absolute Gasteiger partial charge is 0.487 e. The molecule has 2 N–H and O–H groups in total. The molecular formula is C17H23NO2. The second kappa shape index (κ2) is 5.13. The van der Waals surface area contributed by atoms with Crippen molar-refractivity contribution >= 4 is 0 Å². The molecule has 2 unspecified atom stereocenters. The van der Waals surface area contributed by atoms with Gasteiger partial charge in [0.1, 0.15) is 23.2 Å². The fourth-order valence-corrected chi connectivity index (χ4v) is 3.02. The highest BCUT2D eigenvalue weighted by atomic mass is 16.5. The van der Waals surface area contributed by atoms with Gasteiger partial charge >= 0.3 is 0 Å². The molecule has 3 rings (SSSR count).